The molecule has 0 saturated carbocycles. The van der Waals surface area contributed by atoms with Crippen LogP contribution in [0, 0.1) is 0 Å². The van der Waals surface area contributed by atoms with Crippen LogP contribution in [-0.2, 0) is 9.47 Å². The molecule has 0 aromatic heterocycles. The molecule has 1 heterocycles. The molecule has 0 aromatic carbocycles. The second-order valence-corrected chi connectivity index (χ2v) is 2.96. The molecule has 0 radical (unpaired) electrons. The van der Waals surface area contributed by atoms with Crippen molar-refractivity contribution in [2.24, 2.45) is 0 Å². The number of aliphatic hydroxyl groups is 1. The fourth-order valence-electron chi connectivity index (χ4n) is 1.02. The molecule has 0 aromatic rings. The Morgan fingerprint density at radius 2 is 2.55 bits per heavy atom. The van der Waals surface area contributed by atoms with Gasteiger partial charge in [0, 0.05) is 7.11 Å². The standard InChI is InChI=1S/C8H14O3/c1-8(6-9)5-3-4-7(10-2)11-8/h3-4,7,9H,5-6H2,1-2H3/t7-,8-/m0/s1. The molecule has 1 N–H and O–H groups in total. The second-order valence-electron chi connectivity index (χ2n) is 2.96. The third-order valence-electron chi connectivity index (χ3n) is 1.81. The van der Waals surface area contributed by atoms with Crippen LogP contribution in [0.25, 0.3) is 0 Å². The molecular formula is C8H14O3. The monoisotopic (exact) mass is 158 g/mol. The van der Waals surface area contributed by atoms with E-state index in [4.69, 9.17) is 14.6 Å². The highest BCUT2D eigenvalue weighted by atomic mass is 16.7. The summed E-state index contributed by atoms with van der Waals surface area (Å²) in [5, 5.41) is 8.95. The molecule has 0 fully saturated rings. The third kappa shape index (κ3) is 2.02. The van der Waals surface area contributed by atoms with Crippen molar-refractivity contribution < 1.29 is 14.6 Å². The van der Waals surface area contributed by atoms with E-state index in [-0.39, 0.29) is 12.9 Å². The van der Waals surface area contributed by atoms with E-state index in [1.165, 1.54) is 0 Å². The van der Waals surface area contributed by atoms with E-state index in [1.807, 2.05) is 19.1 Å². The summed E-state index contributed by atoms with van der Waals surface area (Å²) in [6.45, 7) is 1.89. The number of ether oxygens (including phenoxy) is 2. The lowest BCUT2D eigenvalue weighted by molar-refractivity contribution is -0.187. The zero-order valence-corrected chi connectivity index (χ0v) is 6.91. The Bertz CT molecular complexity index is 155. The van der Waals surface area contributed by atoms with E-state index in [1.54, 1.807) is 7.11 Å². The van der Waals surface area contributed by atoms with Crippen molar-refractivity contribution in [2.45, 2.75) is 25.2 Å². The van der Waals surface area contributed by atoms with Crippen LogP contribution in [0.15, 0.2) is 12.2 Å². The van der Waals surface area contributed by atoms with Crippen molar-refractivity contribution in [1.82, 2.24) is 0 Å². The minimum Gasteiger partial charge on any atom is -0.393 e. The highest BCUT2D eigenvalue weighted by Gasteiger charge is 2.28. The highest BCUT2D eigenvalue weighted by molar-refractivity contribution is 4.97. The Balaban J connectivity index is 2.57. The molecule has 0 saturated heterocycles. The van der Waals surface area contributed by atoms with Crippen molar-refractivity contribution in [3.05, 3.63) is 12.2 Å². The molecule has 64 valence electrons. The third-order valence-corrected chi connectivity index (χ3v) is 1.81. The van der Waals surface area contributed by atoms with Gasteiger partial charge in [0.1, 0.15) is 0 Å². The molecule has 0 unspecified atom stereocenters. The first kappa shape index (κ1) is 8.71. The average Bonchev–Trinajstić information content (AvgIpc) is 2.05. The summed E-state index contributed by atoms with van der Waals surface area (Å²) >= 11 is 0. The minimum absolute atomic E-state index is 0.0250. The predicted molar refractivity (Wildman–Crippen MR) is 41.1 cm³/mol. The van der Waals surface area contributed by atoms with E-state index in [9.17, 15) is 0 Å². The fraction of sp³-hybridized carbons (Fsp3) is 0.750. The molecule has 11 heavy (non-hydrogen) atoms. The van der Waals surface area contributed by atoms with Crippen molar-refractivity contribution in [3.63, 3.8) is 0 Å². The lowest BCUT2D eigenvalue weighted by atomic mass is 10.0. The van der Waals surface area contributed by atoms with Crippen LogP contribution in [0.3, 0.4) is 0 Å². The van der Waals surface area contributed by atoms with Gasteiger partial charge in [-0.05, 0) is 19.4 Å². The Labute approximate surface area is 66.6 Å². The van der Waals surface area contributed by atoms with Gasteiger partial charge in [0.2, 0.25) is 0 Å². The van der Waals surface area contributed by atoms with Gasteiger partial charge in [-0.3, -0.25) is 0 Å². The van der Waals surface area contributed by atoms with E-state index in [0.29, 0.717) is 0 Å². The number of hydrogen-bond donors (Lipinski definition) is 1. The summed E-state index contributed by atoms with van der Waals surface area (Å²) in [6.07, 6.45) is 4.25. The van der Waals surface area contributed by atoms with Gasteiger partial charge in [0.15, 0.2) is 6.29 Å². The SMILES string of the molecule is CO[C@@H]1C=CC[C@@](C)(CO)O1. The van der Waals surface area contributed by atoms with E-state index < -0.39 is 5.60 Å². The summed E-state index contributed by atoms with van der Waals surface area (Å²) in [5.41, 5.74) is -0.463. The van der Waals surface area contributed by atoms with Crippen LogP contribution in [-0.4, -0.2) is 30.7 Å². The van der Waals surface area contributed by atoms with Crippen LogP contribution in [0.2, 0.25) is 0 Å². The highest BCUT2D eigenvalue weighted by Crippen LogP contribution is 2.23. The summed E-state index contributed by atoms with van der Waals surface area (Å²) in [7, 11) is 1.58. The van der Waals surface area contributed by atoms with Crippen molar-refractivity contribution in [3.8, 4) is 0 Å². The summed E-state index contributed by atoms with van der Waals surface area (Å²) < 4.78 is 10.4. The maximum absolute atomic E-state index is 8.95. The summed E-state index contributed by atoms with van der Waals surface area (Å²) in [4.78, 5) is 0. The number of methoxy groups -OCH3 is 1. The van der Waals surface area contributed by atoms with Gasteiger partial charge in [0.25, 0.3) is 0 Å². The van der Waals surface area contributed by atoms with Gasteiger partial charge in [-0.2, -0.15) is 0 Å². The van der Waals surface area contributed by atoms with Crippen LogP contribution in [0.4, 0.5) is 0 Å². The van der Waals surface area contributed by atoms with Gasteiger partial charge >= 0.3 is 0 Å². The maximum Gasteiger partial charge on any atom is 0.177 e. The fourth-order valence-corrected chi connectivity index (χ4v) is 1.02. The molecule has 3 heteroatoms. The van der Waals surface area contributed by atoms with Gasteiger partial charge in [-0.1, -0.05) is 6.08 Å². The molecule has 1 aliphatic heterocycles. The number of rotatable bonds is 2. The van der Waals surface area contributed by atoms with E-state index in [0.717, 1.165) is 6.42 Å². The largest absolute Gasteiger partial charge is 0.393 e. The normalized spacial score (nSPS) is 37.5. The zero-order chi connectivity index (χ0) is 8.32. The molecule has 1 aliphatic rings. The van der Waals surface area contributed by atoms with Gasteiger partial charge in [-0.15, -0.1) is 0 Å². The molecule has 0 amide bonds. The van der Waals surface area contributed by atoms with Crippen molar-refractivity contribution in [2.75, 3.05) is 13.7 Å². The van der Waals surface area contributed by atoms with Gasteiger partial charge in [-0.25, -0.2) is 0 Å². The van der Waals surface area contributed by atoms with Gasteiger partial charge in [0.05, 0.1) is 12.2 Å². The van der Waals surface area contributed by atoms with E-state index >= 15 is 0 Å². The summed E-state index contributed by atoms with van der Waals surface area (Å²) in [5.74, 6) is 0. The Morgan fingerprint density at radius 1 is 1.82 bits per heavy atom. The predicted octanol–water partition coefficient (Wildman–Crippen LogP) is 0.686. The Morgan fingerprint density at radius 3 is 3.09 bits per heavy atom. The van der Waals surface area contributed by atoms with Crippen LogP contribution < -0.4 is 0 Å². The Hall–Kier alpha value is -0.380. The number of hydrogen-bond acceptors (Lipinski definition) is 3. The zero-order valence-electron chi connectivity index (χ0n) is 6.91. The average molecular weight is 158 g/mol. The van der Waals surface area contributed by atoms with Crippen LogP contribution in [0.1, 0.15) is 13.3 Å². The smallest absolute Gasteiger partial charge is 0.177 e. The first-order chi connectivity index (χ1) is 5.20. The Kier molecular flexibility index (Phi) is 2.65. The molecule has 0 aliphatic carbocycles. The molecular weight excluding hydrogens is 144 g/mol. The first-order valence-electron chi connectivity index (χ1n) is 3.68. The molecule has 2 atom stereocenters. The quantitative estimate of drug-likeness (QED) is 0.601. The van der Waals surface area contributed by atoms with Crippen LogP contribution >= 0.6 is 0 Å². The first-order valence-corrected chi connectivity index (χ1v) is 3.68. The summed E-state index contributed by atoms with van der Waals surface area (Å²) in [6, 6.07) is 0. The molecule has 0 bridgehead atoms. The minimum atomic E-state index is -0.463. The molecule has 0 spiro atoms. The molecule has 1 rings (SSSR count). The van der Waals surface area contributed by atoms with Crippen molar-refractivity contribution in [1.29, 1.82) is 0 Å². The maximum atomic E-state index is 8.95. The van der Waals surface area contributed by atoms with E-state index in [2.05, 4.69) is 0 Å². The topological polar surface area (TPSA) is 38.7 Å². The lowest BCUT2D eigenvalue weighted by Crippen LogP contribution is -2.39. The van der Waals surface area contributed by atoms with Gasteiger partial charge < -0.3 is 14.6 Å². The second kappa shape index (κ2) is 3.34. The number of aliphatic hydroxyl groups excluding tert-OH is 1. The lowest BCUT2D eigenvalue weighted by Gasteiger charge is -2.32. The molecule has 3 nitrogen and oxygen atoms in total. The van der Waals surface area contributed by atoms with Crippen LogP contribution in [0.5, 0.6) is 0 Å². The van der Waals surface area contributed by atoms with Crippen molar-refractivity contribution >= 4 is 0 Å².